The fourth-order valence-electron chi connectivity index (χ4n) is 1.98. The van der Waals surface area contributed by atoms with E-state index in [0.29, 0.717) is 0 Å². The van der Waals surface area contributed by atoms with Gasteiger partial charge in [0.2, 0.25) is 0 Å². The lowest BCUT2D eigenvalue weighted by atomic mass is 9.98. The standard InChI is InChI=1S/C18H16Br2O2/c1-12(2)22-18(21)11-17(13-3-7-15(19)8-4-13)14-5-9-16(20)10-6-14/h3-12H,1-2H3. The van der Waals surface area contributed by atoms with Crippen LogP contribution in [0.4, 0.5) is 0 Å². The van der Waals surface area contributed by atoms with Crippen molar-refractivity contribution in [3.8, 4) is 0 Å². The zero-order valence-electron chi connectivity index (χ0n) is 12.3. The lowest BCUT2D eigenvalue weighted by Gasteiger charge is -2.10. The molecule has 0 radical (unpaired) electrons. The van der Waals surface area contributed by atoms with Gasteiger partial charge < -0.3 is 4.74 Å². The Labute approximate surface area is 147 Å². The molecule has 0 amide bonds. The van der Waals surface area contributed by atoms with Crippen LogP contribution in [0.2, 0.25) is 0 Å². The molecule has 0 aliphatic rings. The number of esters is 1. The van der Waals surface area contributed by atoms with Crippen LogP contribution in [0.1, 0.15) is 25.0 Å². The van der Waals surface area contributed by atoms with E-state index in [9.17, 15) is 4.79 Å². The number of hydrogen-bond acceptors (Lipinski definition) is 2. The van der Waals surface area contributed by atoms with Gasteiger partial charge in [0.25, 0.3) is 0 Å². The molecule has 0 aliphatic carbocycles. The average Bonchev–Trinajstić information content (AvgIpc) is 2.46. The van der Waals surface area contributed by atoms with Gasteiger partial charge in [0.05, 0.1) is 6.10 Å². The molecule has 0 bridgehead atoms. The van der Waals surface area contributed by atoms with Gasteiger partial charge in [-0.3, -0.25) is 0 Å². The molecule has 2 aromatic rings. The van der Waals surface area contributed by atoms with Crippen molar-refractivity contribution in [2.45, 2.75) is 20.0 Å². The highest BCUT2D eigenvalue weighted by Crippen LogP contribution is 2.26. The second-order valence-electron chi connectivity index (χ2n) is 5.06. The Morgan fingerprint density at radius 2 is 1.32 bits per heavy atom. The van der Waals surface area contributed by atoms with Crippen LogP contribution in [0, 0.1) is 0 Å². The van der Waals surface area contributed by atoms with E-state index in [4.69, 9.17) is 4.74 Å². The Balaban J connectivity index is 2.44. The van der Waals surface area contributed by atoms with Crippen molar-refractivity contribution in [3.05, 3.63) is 74.7 Å². The van der Waals surface area contributed by atoms with E-state index in [-0.39, 0.29) is 12.1 Å². The summed E-state index contributed by atoms with van der Waals surface area (Å²) in [5.74, 6) is -0.337. The molecule has 0 aromatic heterocycles. The normalized spacial score (nSPS) is 10.4. The molecule has 0 saturated carbocycles. The third-order valence-electron chi connectivity index (χ3n) is 2.92. The maximum atomic E-state index is 12.0. The number of hydrogen-bond donors (Lipinski definition) is 0. The first kappa shape index (κ1) is 17.0. The van der Waals surface area contributed by atoms with Crippen LogP contribution in [-0.2, 0) is 9.53 Å². The lowest BCUT2D eigenvalue weighted by molar-refractivity contribution is -0.141. The Morgan fingerprint density at radius 1 is 0.909 bits per heavy atom. The predicted molar refractivity (Wildman–Crippen MR) is 96.6 cm³/mol. The number of halogens is 2. The van der Waals surface area contributed by atoms with E-state index in [1.807, 2.05) is 62.4 Å². The van der Waals surface area contributed by atoms with Crippen LogP contribution < -0.4 is 0 Å². The largest absolute Gasteiger partial charge is 0.460 e. The van der Waals surface area contributed by atoms with Crippen LogP contribution in [0.5, 0.6) is 0 Å². The lowest BCUT2D eigenvalue weighted by Crippen LogP contribution is -2.09. The number of carbonyl (C=O) groups excluding carboxylic acids is 1. The van der Waals surface area contributed by atoms with Crippen molar-refractivity contribution >= 4 is 43.4 Å². The van der Waals surface area contributed by atoms with Crippen LogP contribution in [0.3, 0.4) is 0 Å². The van der Waals surface area contributed by atoms with E-state index in [1.54, 1.807) is 6.08 Å². The molecule has 0 atom stereocenters. The Hall–Kier alpha value is -1.39. The Bertz CT molecular complexity index is 624. The number of benzene rings is 2. The molecule has 2 aromatic carbocycles. The summed E-state index contributed by atoms with van der Waals surface area (Å²) >= 11 is 6.85. The van der Waals surface area contributed by atoms with Gasteiger partial charge >= 0.3 is 5.97 Å². The van der Waals surface area contributed by atoms with Gasteiger partial charge in [0, 0.05) is 15.0 Å². The van der Waals surface area contributed by atoms with Crippen molar-refractivity contribution in [2.24, 2.45) is 0 Å². The molecule has 0 aliphatic heterocycles. The third-order valence-corrected chi connectivity index (χ3v) is 3.98. The summed E-state index contributed by atoms with van der Waals surface area (Å²) in [6.07, 6.45) is 1.41. The van der Waals surface area contributed by atoms with Crippen LogP contribution >= 0.6 is 31.9 Å². The molecule has 0 spiro atoms. The van der Waals surface area contributed by atoms with Gasteiger partial charge in [-0.05, 0) is 54.8 Å². The van der Waals surface area contributed by atoms with Gasteiger partial charge in [0.15, 0.2) is 0 Å². The van der Waals surface area contributed by atoms with Gasteiger partial charge in [-0.2, -0.15) is 0 Å². The first-order valence-electron chi connectivity index (χ1n) is 6.90. The fourth-order valence-corrected chi connectivity index (χ4v) is 2.51. The zero-order valence-corrected chi connectivity index (χ0v) is 15.5. The maximum Gasteiger partial charge on any atom is 0.331 e. The summed E-state index contributed by atoms with van der Waals surface area (Å²) in [5, 5.41) is 0. The highest BCUT2D eigenvalue weighted by atomic mass is 79.9. The quantitative estimate of drug-likeness (QED) is 0.472. The van der Waals surface area contributed by atoms with Crippen molar-refractivity contribution in [3.63, 3.8) is 0 Å². The highest BCUT2D eigenvalue weighted by Gasteiger charge is 2.10. The second kappa shape index (κ2) is 7.75. The van der Waals surface area contributed by atoms with E-state index in [1.165, 1.54) is 0 Å². The van der Waals surface area contributed by atoms with E-state index >= 15 is 0 Å². The molecule has 0 fully saturated rings. The number of ether oxygens (including phenoxy) is 1. The Morgan fingerprint density at radius 3 is 1.68 bits per heavy atom. The molecule has 0 heterocycles. The molecule has 114 valence electrons. The summed E-state index contributed by atoms with van der Waals surface area (Å²) in [5.41, 5.74) is 2.77. The SMILES string of the molecule is CC(C)OC(=O)C=C(c1ccc(Br)cc1)c1ccc(Br)cc1. The van der Waals surface area contributed by atoms with Gasteiger partial charge in [-0.1, -0.05) is 56.1 Å². The van der Waals surface area contributed by atoms with E-state index in [2.05, 4.69) is 31.9 Å². The van der Waals surface area contributed by atoms with Crippen molar-refractivity contribution in [1.82, 2.24) is 0 Å². The molecular formula is C18H16Br2O2. The van der Waals surface area contributed by atoms with Crippen LogP contribution in [0.15, 0.2) is 63.6 Å². The minimum atomic E-state index is -0.337. The molecule has 0 N–H and O–H groups in total. The van der Waals surface area contributed by atoms with Crippen molar-refractivity contribution < 1.29 is 9.53 Å². The molecule has 2 rings (SSSR count). The molecular weight excluding hydrogens is 408 g/mol. The first-order valence-corrected chi connectivity index (χ1v) is 8.48. The summed E-state index contributed by atoms with van der Waals surface area (Å²) < 4.78 is 7.23. The summed E-state index contributed by atoms with van der Waals surface area (Å²) in [7, 11) is 0. The summed E-state index contributed by atoms with van der Waals surface area (Å²) in [6.45, 7) is 3.68. The maximum absolute atomic E-state index is 12.0. The second-order valence-corrected chi connectivity index (χ2v) is 6.89. The Kier molecular flexibility index (Phi) is 5.98. The molecule has 2 nitrogen and oxygen atoms in total. The van der Waals surface area contributed by atoms with Crippen molar-refractivity contribution in [1.29, 1.82) is 0 Å². The van der Waals surface area contributed by atoms with Crippen molar-refractivity contribution in [2.75, 3.05) is 0 Å². The van der Waals surface area contributed by atoms with Crippen LogP contribution in [-0.4, -0.2) is 12.1 Å². The fraction of sp³-hybridized carbons (Fsp3) is 0.167. The van der Waals surface area contributed by atoms with E-state index < -0.39 is 0 Å². The van der Waals surface area contributed by atoms with Gasteiger partial charge in [-0.25, -0.2) is 4.79 Å². The van der Waals surface area contributed by atoms with Gasteiger partial charge in [-0.15, -0.1) is 0 Å². The molecule has 22 heavy (non-hydrogen) atoms. The minimum Gasteiger partial charge on any atom is -0.460 e. The highest BCUT2D eigenvalue weighted by molar-refractivity contribution is 9.10. The topological polar surface area (TPSA) is 26.3 Å². The average molecular weight is 424 g/mol. The summed E-state index contributed by atoms with van der Waals surface area (Å²) in [6, 6.07) is 15.7. The molecule has 0 saturated heterocycles. The number of rotatable bonds is 4. The number of carbonyl (C=O) groups is 1. The predicted octanol–water partition coefficient (Wildman–Crippen LogP) is 5.59. The van der Waals surface area contributed by atoms with Crippen LogP contribution in [0.25, 0.3) is 5.57 Å². The monoisotopic (exact) mass is 422 g/mol. The van der Waals surface area contributed by atoms with Gasteiger partial charge in [0.1, 0.15) is 0 Å². The third kappa shape index (κ3) is 4.82. The van der Waals surface area contributed by atoms with E-state index in [0.717, 1.165) is 25.6 Å². The molecule has 0 unspecified atom stereocenters. The minimum absolute atomic E-state index is 0.139. The molecule has 4 heteroatoms. The zero-order chi connectivity index (χ0) is 16.1. The first-order chi connectivity index (χ1) is 10.5. The summed E-state index contributed by atoms with van der Waals surface area (Å²) in [4.78, 5) is 12.0. The smallest absolute Gasteiger partial charge is 0.331 e.